The lowest BCUT2D eigenvalue weighted by atomic mass is 10.2. The smallest absolute Gasteiger partial charge is 0.343 e. The fourth-order valence-electron chi connectivity index (χ4n) is 2.46. The zero-order chi connectivity index (χ0) is 22.4. The maximum Gasteiger partial charge on any atom is 0.343 e. The van der Waals surface area contributed by atoms with Crippen molar-refractivity contribution in [1.82, 2.24) is 5.32 Å². The topological polar surface area (TPSA) is 127 Å². The molecule has 1 aliphatic heterocycles. The monoisotopic (exact) mass is 461 g/mol. The molecule has 2 aromatic carbocycles. The number of thioether (sulfide) groups is 1. The number of hydrogen-bond donors (Lipinski definition) is 2. The van der Waals surface area contributed by atoms with Gasteiger partial charge in [-0.1, -0.05) is 23.4 Å². The number of amides is 1. The van der Waals surface area contributed by atoms with Gasteiger partial charge in [-0.3, -0.25) is 9.59 Å². The van der Waals surface area contributed by atoms with Gasteiger partial charge in [-0.05, 0) is 48.0 Å². The van der Waals surface area contributed by atoms with Crippen LogP contribution in [0.2, 0.25) is 5.02 Å². The minimum absolute atomic E-state index is 0.182. The highest BCUT2D eigenvalue weighted by molar-refractivity contribution is 8.15. The number of ether oxygens (including phenoxy) is 2. The van der Waals surface area contributed by atoms with Crippen LogP contribution in [0.4, 0.5) is 0 Å². The van der Waals surface area contributed by atoms with E-state index in [0.717, 1.165) is 11.8 Å². The lowest BCUT2D eigenvalue weighted by Crippen LogP contribution is -2.26. The van der Waals surface area contributed by atoms with E-state index in [9.17, 15) is 14.4 Å². The zero-order valence-electron chi connectivity index (χ0n) is 16.1. The van der Waals surface area contributed by atoms with E-state index in [0.29, 0.717) is 16.9 Å². The average molecular weight is 462 g/mol. The Labute approximate surface area is 186 Å². The number of esters is 1. The molecule has 0 aliphatic carbocycles. The Morgan fingerprint density at radius 1 is 1.26 bits per heavy atom. The van der Waals surface area contributed by atoms with Crippen LogP contribution < -0.4 is 14.8 Å². The van der Waals surface area contributed by atoms with Crippen molar-refractivity contribution in [3.8, 4) is 11.5 Å². The minimum Gasteiger partial charge on any atom is -0.497 e. The highest BCUT2D eigenvalue weighted by atomic mass is 35.5. The summed E-state index contributed by atoms with van der Waals surface area (Å²) in [6.45, 7) is 0. The number of amidine groups is 1. The number of nitrogens with one attached hydrogen (secondary N) is 1. The van der Waals surface area contributed by atoms with E-state index in [2.05, 4.69) is 15.5 Å². The van der Waals surface area contributed by atoms with Gasteiger partial charge < -0.3 is 19.9 Å². The molecule has 0 aromatic heterocycles. The molecule has 1 heterocycles. The first-order chi connectivity index (χ1) is 14.9. The number of benzene rings is 2. The first-order valence-corrected chi connectivity index (χ1v) is 10.1. The van der Waals surface area contributed by atoms with Gasteiger partial charge in [-0.15, -0.1) is 5.10 Å². The van der Waals surface area contributed by atoms with Gasteiger partial charge in [0, 0.05) is 0 Å². The highest BCUT2D eigenvalue weighted by Crippen LogP contribution is 2.26. The fourth-order valence-corrected chi connectivity index (χ4v) is 3.60. The van der Waals surface area contributed by atoms with E-state index < -0.39 is 23.1 Å². The van der Waals surface area contributed by atoms with Crippen LogP contribution in [0.3, 0.4) is 0 Å². The van der Waals surface area contributed by atoms with Crippen molar-refractivity contribution in [2.24, 2.45) is 10.2 Å². The lowest BCUT2D eigenvalue weighted by molar-refractivity contribution is -0.138. The summed E-state index contributed by atoms with van der Waals surface area (Å²) < 4.78 is 10.4. The summed E-state index contributed by atoms with van der Waals surface area (Å²) in [5, 5.41) is 18.7. The summed E-state index contributed by atoms with van der Waals surface area (Å²) in [4.78, 5) is 34.6. The third kappa shape index (κ3) is 6.06. The van der Waals surface area contributed by atoms with Crippen molar-refractivity contribution < 1.29 is 29.0 Å². The van der Waals surface area contributed by atoms with Gasteiger partial charge in [0.25, 0.3) is 0 Å². The van der Waals surface area contributed by atoms with Crippen LogP contribution >= 0.6 is 23.4 Å². The van der Waals surface area contributed by atoms with E-state index in [1.165, 1.54) is 25.5 Å². The molecular weight excluding hydrogens is 446 g/mol. The summed E-state index contributed by atoms with van der Waals surface area (Å²) in [7, 11) is 1.53. The number of aliphatic carboxylic acids is 1. The second-order valence-corrected chi connectivity index (χ2v) is 7.75. The van der Waals surface area contributed by atoms with Gasteiger partial charge in [-0.25, -0.2) is 4.79 Å². The van der Waals surface area contributed by atoms with Gasteiger partial charge >= 0.3 is 11.9 Å². The number of hydrogen-bond acceptors (Lipinski definition) is 8. The standard InChI is InChI=1S/C20H16ClN3O6S/c1-29-13-5-3-12(4-6-13)19(28)30-15-7-2-11(8-14(15)21)10-22-24-20-23-18(27)16(31-20)9-17(25)26/h2-8,10,16H,9H2,1H3,(H,25,26)(H,23,24,27)/b22-10+. The number of carboxylic acids is 1. The molecule has 11 heteroatoms. The summed E-state index contributed by atoms with van der Waals surface area (Å²) in [5.41, 5.74) is 0.922. The summed E-state index contributed by atoms with van der Waals surface area (Å²) >= 11 is 7.19. The third-order valence-corrected chi connectivity index (χ3v) is 5.34. The molecule has 3 rings (SSSR count). The van der Waals surface area contributed by atoms with E-state index in [1.807, 2.05) is 0 Å². The molecule has 0 spiro atoms. The Morgan fingerprint density at radius 2 is 2.00 bits per heavy atom. The lowest BCUT2D eigenvalue weighted by Gasteiger charge is -2.07. The minimum atomic E-state index is -1.07. The quantitative estimate of drug-likeness (QED) is 0.281. The number of rotatable bonds is 7. The molecule has 0 saturated carbocycles. The summed E-state index contributed by atoms with van der Waals surface area (Å²) in [6.07, 6.45) is 1.09. The predicted molar refractivity (Wildman–Crippen MR) is 116 cm³/mol. The van der Waals surface area contributed by atoms with Crippen molar-refractivity contribution in [1.29, 1.82) is 0 Å². The molecule has 1 fully saturated rings. The molecule has 2 N–H and O–H groups in total. The van der Waals surface area contributed by atoms with Crippen LogP contribution in [0.5, 0.6) is 11.5 Å². The fraction of sp³-hybridized carbons (Fsp3) is 0.150. The van der Waals surface area contributed by atoms with Crippen molar-refractivity contribution in [3.05, 3.63) is 58.6 Å². The van der Waals surface area contributed by atoms with Crippen molar-refractivity contribution >= 4 is 52.6 Å². The molecule has 1 atom stereocenters. The number of carboxylic acid groups (broad SMARTS) is 1. The van der Waals surface area contributed by atoms with Gasteiger partial charge in [0.1, 0.15) is 16.7 Å². The largest absolute Gasteiger partial charge is 0.497 e. The van der Waals surface area contributed by atoms with Crippen LogP contribution in [0.1, 0.15) is 22.3 Å². The molecule has 9 nitrogen and oxygen atoms in total. The number of carbonyl (C=O) groups is 3. The molecule has 160 valence electrons. The highest BCUT2D eigenvalue weighted by Gasteiger charge is 2.32. The van der Waals surface area contributed by atoms with E-state index in [4.69, 9.17) is 26.2 Å². The first kappa shape index (κ1) is 22.3. The van der Waals surface area contributed by atoms with Crippen LogP contribution in [0, 0.1) is 0 Å². The third-order valence-electron chi connectivity index (χ3n) is 3.98. The van der Waals surface area contributed by atoms with E-state index in [1.54, 1.807) is 30.3 Å². The number of nitrogens with zero attached hydrogens (tertiary/aromatic N) is 2. The maximum atomic E-state index is 12.3. The number of carbonyl (C=O) groups excluding carboxylic acids is 2. The van der Waals surface area contributed by atoms with Crippen molar-refractivity contribution in [2.75, 3.05) is 7.11 Å². The van der Waals surface area contributed by atoms with Crippen molar-refractivity contribution in [3.63, 3.8) is 0 Å². The Morgan fingerprint density at radius 3 is 2.65 bits per heavy atom. The molecule has 1 unspecified atom stereocenters. The van der Waals surface area contributed by atoms with Crippen LogP contribution in [0.25, 0.3) is 0 Å². The molecule has 1 aliphatic rings. The second kappa shape index (κ2) is 10.1. The average Bonchev–Trinajstić information content (AvgIpc) is 3.08. The maximum absolute atomic E-state index is 12.3. The van der Waals surface area contributed by atoms with Crippen LogP contribution in [0.15, 0.2) is 52.7 Å². The van der Waals surface area contributed by atoms with Gasteiger partial charge in [0.15, 0.2) is 5.17 Å². The Balaban J connectivity index is 1.62. The Bertz CT molecular complexity index is 1070. The van der Waals surface area contributed by atoms with Crippen LogP contribution in [-0.2, 0) is 9.59 Å². The molecule has 0 radical (unpaired) electrons. The molecule has 1 saturated heterocycles. The van der Waals surface area contributed by atoms with Gasteiger partial charge in [0.05, 0.1) is 30.3 Å². The van der Waals surface area contributed by atoms with Crippen LogP contribution in [-0.4, -0.2) is 46.7 Å². The normalized spacial score (nSPS) is 17.0. The Hall–Kier alpha value is -3.37. The number of methoxy groups -OCH3 is 1. The van der Waals surface area contributed by atoms with Gasteiger partial charge in [-0.2, -0.15) is 5.10 Å². The number of halogens is 1. The Kier molecular flexibility index (Phi) is 7.27. The van der Waals surface area contributed by atoms with Crippen molar-refractivity contribution in [2.45, 2.75) is 11.7 Å². The van der Waals surface area contributed by atoms with Gasteiger partial charge in [0.2, 0.25) is 5.91 Å². The molecular formula is C20H16ClN3O6S. The molecule has 0 bridgehead atoms. The molecule has 2 aromatic rings. The summed E-state index contributed by atoms with van der Waals surface area (Å²) in [5.74, 6) is -1.26. The van der Waals surface area contributed by atoms with E-state index in [-0.39, 0.29) is 22.4 Å². The first-order valence-electron chi connectivity index (χ1n) is 8.82. The van der Waals surface area contributed by atoms with E-state index >= 15 is 0 Å². The second-order valence-electron chi connectivity index (χ2n) is 6.15. The summed E-state index contributed by atoms with van der Waals surface area (Å²) in [6, 6.07) is 11.1. The zero-order valence-corrected chi connectivity index (χ0v) is 17.6. The molecule has 1 amide bonds. The predicted octanol–water partition coefficient (Wildman–Crippen LogP) is 2.96. The SMILES string of the molecule is COc1ccc(C(=O)Oc2ccc(/C=N/N=C3\NC(=O)C(CC(=O)O)S3)cc2Cl)cc1. The molecule has 31 heavy (non-hydrogen) atoms.